The van der Waals surface area contributed by atoms with E-state index in [2.05, 4.69) is 10.3 Å². The summed E-state index contributed by atoms with van der Waals surface area (Å²) in [4.78, 5) is 26.2. The number of aromatic nitrogens is 1. The Balaban J connectivity index is 2.07. The number of thiazole rings is 1. The van der Waals surface area contributed by atoms with Gasteiger partial charge in [-0.15, -0.1) is 0 Å². The molecule has 0 aliphatic carbocycles. The van der Waals surface area contributed by atoms with Gasteiger partial charge < -0.3 is 11.1 Å². The van der Waals surface area contributed by atoms with Crippen LogP contribution in [0.25, 0.3) is 0 Å². The molecule has 19 heavy (non-hydrogen) atoms. The molecule has 2 rings (SSSR count). The maximum Gasteiger partial charge on any atom is 0.274 e. The van der Waals surface area contributed by atoms with Gasteiger partial charge in [-0.25, -0.2) is 4.98 Å². The minimum Gasteiger partial charge on any atom is -0.375 e. The van der Waals surface area contributed by atoms with Crippen LogP contribution in [0.2, 0.25) is 0 Å². The molecule has 0 spiro atoms. The Morgan fingerprint density at radius 2 is 2.21 bits per heavy atom. The average Bonchev–Trinajstić information content (AvgIpc) is 2.83. The van der Waals surface area contributed by atoms with Crippen molar-refractivity contribution < 1.29 is 9.72 Å². The summed E-state index contributed by atoms with van der Waals surface area (Å²) in [5.41, 5.74) is 5.85. The molecule has 7 nitrogen and oxygen atoms in total. The molecule has 98 valence electrons. The molecule has 3 N–H and O–H groups in total. The zero-order valence-electron chi connectivity index (χ0n) is 9.70. The molecule has 2 aromatic rings. The van der Waals surface area contributed by atoms with Crippen molar-refractivity contribution >= 4 is 28.1 Å². The van der Waals surface area contributed by atoms with Gasteiger partial charge in [-0.1, -0.05) is 29.5 Å². The highest BCUT2D eigenvalue weighted by Gasteiger charge is 2.14. The molecular formula is C11H10N4O3S. The van der Waals surface area contributed by atoms with Gasteiger partial charge in [0.05, 0.1) is 11.1 Å². The van der Waals surface area contributed by atoms with Crippen LogP contribution in [0, 0.1) is 10.1 Å². The third-order valence-corrected chi connectivity index (χ3v) is 3.20. The van der Waals surface area contributed by atoms with Crippen LogP contribution in [-0.2, 0) is 6.54 Å². The molecule has 0 saturated carbocycles. The Hall–Kier alpha value is -2.48. The van der Waals surface area contributed by atoms with Gasteiger partial charge in [0.2, 0.25) is 0 Å². The number of amides is 1. The smallest absolute Gasteiger partial charge is 0.274 e. The summed E-state index contributed by atoms with van der Waals surface area (Å²) in [7, 11) is 0. The number of hydrogen-bond acceptors (Lipinski definition) is 6. The van der Waals surface area contributed by atoms with Gasteiger partial charge in [-0.2, -0.15) is 0 Å². The van der Waals surface area contributed by atoms with Gasteiger partial charge in [0, 0.05) is 18.2 Å². The van der Waals surface area contributed by atoms with E-state index in [0.717, 1.165) is 11.3 Å². The fourth-order valence-corrected chi connectivity index (χ4v) is 2.09. The molecule has 8 heteroatoms. The number of carbonyl (C=O) groups is 1. The number of nitrogens with two attached hydrogens (primary N) is 1. The van der Waals surface area contributed by atoms with Crippen LogP contribution in [0.3, 0.4) is 0 Å². The third kappa shape index (κ3) is 3.05. The van der Waals surface area contributed by atoms with Gasteiger partial charge in [0.25, 0.3) is 11.6 Å². The normalized spacial score (nSPS) is 10.1. The number of para-hydroxylation sites is 1. The largest absolute Gasteiger partial charge is 0.375 e. The molecule has 0 atom stereocenters. The third-order valence-electron chi connectivity index (χ3n) is 2.38. The number of hydrogen-bond donors (Lipinski definition) is 2. The topological polar surface area (TPSA) is 111 Å². The van der Waals surface area contributed by atoms with Gasteiger partial charge in [-0.3, -0.25) is 14.9 Å². The molecule has 0 aliphatic heterocycles. The monoisotopic (exact) mass is 278 g/mol. The first-order valence-electron chi connectivity index (χ1n) is 5.29. The second kappa shape index (κ2) is 5.44. The summed E-state index contributed by atoms with van der Waals surface area (Å²) in [5, 5.41) is 13.7. The van der Waals surface area contributed by atoms with Crippen molar-refractivity contribution in [1.29, 1.82) is 0 Å². The predicted molar refractivity (Wildman–Crippen MR) is 70.8 cm³/mol. The second-order valence-electron chi connectivity index (χ2n) is 3.63. The van der Waals surface area contributed by atoms with E-state index in [0.29, 0.717) is 15.6 Å². The minimum absolute atomic E-state index is 0.0216. The second-order valence-corrected chi connectivity index (χ2v) is 4.69. The van der Waals surface area contributed by atoms with Gasteiger partial charge in [-0.05, 0) is 0 Å². The first-order valence-corrected chi connectivity index (χ1v) is 6.11. The highest BCUT2D eigenvalue weighted by Crippen LogP contribution is 2.18. The van der Waals surface area contributed by atoms with Crippen LogP contribution >= 0.6 is 11.3 Å². The van der Waals surface area contributed by atoms with Crippen molar-refractivity contribution in [3.8, 4) is 0 Å². The standard InChI is InChI=1S/C11H10N4O3S/c12-11-14-6-9(19-11)10(16)13-5-7-3-1-2-4-8(7)15(17)18/h1-4,6H,5H2,(H2,12,14)(H,13,16). The van der Waals surface area contributed by atoms with Crippen LogP contribution in [0.15, 0.2) is 30.5 Å². The van der Waals surface area contributed by atoms with E-state index in [1.54, 1.807) is 18.2 Å². The van der Waals surface area contributed by atoms with Crippen LogP contribution in [0.5, 0.6) is 0 Å². The summed E-state index contributed by atoms with van der Waals surface area (Å²) in [5.74, 6) is -0.354. The summed E-state index contributed by atoms with van der Waals surface area (Å²) in [6, 6.07) is 6.25. The van der Waals surface area contributed by atoms with Crippen LogP contribution < -0.4 is 11.1 Å². The first kappa shape index (κ1) is 13.0. The Morgan fingerprint density at radius 1 is 1.47 bits per heavy atom. The molecule has 0 saturated heterocycles. The molecule has 1 heterocycles. The van der Waals surface area contributed by atoms with Gasteiger partial charge >= 0.3 is 0 Å². The van der Waals surface area contributed by atoms with E-state index in [4.69, 9.17) is 5.73 Å². The zero-order chi connectivity index (χ0) is 13.8. The lowest BCUT2D eigenvalue weighted by atomic mass is 10.2. The van der Waals surface area contributed by atoms with Crippen LogP contribution in [-0.4, -0.2) is 15.8 Å². The van der Waals surface area contributed by atoms with E-state index in [1.165, 1.54) is 12.3 Å². The highest BCUT2D eigenvalue weighted by atomic mass is 32.1. The van der Waals surface area contributed by atoms with Crippen molar-refractivity contribution in [3.63, 3.8) is 0 Å². The minimum atomic E-state index is -0.480. The van der Waals surface area contributed by atoms with E-state index in [-0.39, 0.29) is 18.1 Å². The van der Waals surface area contributed by atoms with E-state index >= 15 is 0 Å². The maximum absolute atomic E-state index is 11.7. The summed E-state index contributed by atoms with van der Waals surface area (Å²) in [6.07, 6.45) is 1.37. The van der Waals surface area contributed by atoms with Gasteiger partial charge in [0.1, 0.15) is 4.88 Å². The molecular weight excluding hydrogens is 268 g/mol. The predicted octanol–water partition coefficient (Wildman–Crippen LogP) is 1.56. The number of benzene rings is 1. The molecule has 1 aromatic heterocycles. The lowest BCUT2D eigenvalue weighted by Crippen LogP contribution is -2.22. The van der Waals surface area contributed by atoms with Gasteiger partial charge in [0.15, 0.2) is 5.13 Å². The molecule has 1 aromatic carbocycles. The highest BCUT2D eigenvalue weighted by molar-refractivity contribution is 7.17. The van der Waals surface area contributed by atoms with E-state index in [1.807, 2.05) is 0 Å². The van der Waals surface area contributed by atoms with Crippen molar-refractivity contribution in [2.24, 2.45) is 0 Å². The Kier molecular flexibility index (Phi) is 3.71. The van der Waals surface area contributed by atoms with Crippen molar-refractivity contribution in [3.05, 3.63) is 51.0 Å². The molecule has 0 radical (unpaired) electrons. The zero-order valence-corrected chi connectivity index (χ0v) is 10.5. The average molecular weight is 278 g/mol. The Labute approximate surface area is 112 Å². The molecule has 0 bridgehead atoms. The van der Waals surface area contributed by atoms with Crippen molar-refractivity contribution in [1.82, 2.24) is 10.3 Å². The number of nitro benzene ring substituents is 1. The molecule has 0 aliphatic rings. The lowest BCUT2D eigenvalue weighted by Gasteiger charge is -2.04. The van der Waals surface area contributed by atoms with Crippen molar-refractivity contribution in [2.45, 2.75) is 6.54 Å². The summed E-state index contributed by atoms with van der Waals surface area (Å²) >= 11 is 1.06. The number of nitrogens with one attached hydrogen (secondary N) is 1. The number of anilines is 1. The van der Waals surface area contributed by atoms with Crippen LogP contribution in [0.1, 0.15) is 15.2 Å². The summed E-state index contributed by atoms with van der Waals surface area (Å²) in [6.45, 7) is 0.0772. The fourth-order valence-electron chi connectivity index (χ4n) is 1.49. The number of nitro groups is 1. The van der Waals surface area contributed by atoms with Crippen molar-refractivity contribution in [2.75, 3.05) is 5.73 Å². The summed E-state index contributed by atoms with van der Waals surface area (Å²) < 4.78 is 0. The Bertz CT molecular complexity index is 626. The fraction of sp³-hybridized carbons (Fsp3) is 0.0909. The number of rotatable bonds is 4. The first-order chi connectivity index (χ1) is 9.08. The molecule has 0 unspecified atom stereocenters. The molecule has 0 fully saturated rings. The number of nitrogens with zero attached hydrogens (tertiary/aromatic N) is 2. The maximum atomic E-state index is 11.7. The number of carbonyl (C=O) groups excluding carboxylic acids is 1. The van der Waals surface area contributed by atoms with E-state index in [9.17, 15) is 14.9 Å². The quantitative estimate of drug-likeness (QED) is 0.651. The Morgan fingerprint density at radius 3 is 2.84 bits per heavy atom. The SMILES string of the molecule is Nc1ncc(C(=O)NCc2ccccc2[N+](=O)[O-])s1. The molecule has 1 amide bonds. The lowest BCUT2D eigenvalue weighted by molar-refractivity contribution is -0.385. The number of nitrogen functional groups attached to an aromatic ring is 1. The van der Waals surface area contributed by atoms with Crippen LogP contribution in [0.4, 0.5) is 10.8 Å². The van der Waals surface area contributed by atoms with E-state index < -0.39 is 4.92 Å².